The van der Waals surface area contributed by atoms with Crippen LogP contribution in [-0.4, -0.2) is 12.7 Å². The molecule has 10 heavy (non-hydrogen) atoms. The van der Waals surface area contributed by atoms with Crippen LogP contribution in [0.4, 0.5) is 0 Å². The van der Waals surface area contributed by atoms with Gasteiger partial charge in [0.05, 0.1) is 6.10 Å². The van der Waals surface area contributed by atoms with Gasteiger partial charge in [0.1, 0.15) is 0 Å². The van der Waals surface area contributed by atoms with Crippen LogP contribution in [0.3, 0.4) is 0 Å². The summed E-state index contributed by atoms with van der Waals surface area (Å²) in [6.45, 7) is 4.90. The number of hydrogen-bond donors (Lipinski definition) is 0. The molecular formula is C9H16O. The maximum absolute atomic E-state index is 5.32. The van der Waals surface area contributed by atoms with E-state index < -0.39 is 0 Å². The summed E-state index contributed by atoms with van der Waals surface area (Å²) in [6.07, 6.45) is 8.51. The molecule has 0 saturated heterocycles. The second-order valence-electron chi connectivity index (χ2n) is 2.36. The fourth-order valence-electron chi connectivity index (χ4n) is 0.859. The summed E-state index contributed by atoms with van der Waals surface area (Å²) >= 11 is 0. The first kappa shape index (κ1) is 9.52. The van der Waals surface area contributed by atoms with Crippen molar-refractivity contribution in [3.8, 4) is 12.3 Å². The first-order valence-electron chi connectivity index (χ1n) is 3.86. The second-order valence-corrected chi connectivity index (χ2v) is 2.36. The molecule has 1 atom stereocenters. The molecule has 58 valence electrons. The predicted molar refractivity (Wildman–Crippen MR) is 43.8 cm³/mol. The van der Waals surface area contributed by atoms with E-state index in [2.05, 4.69) is 12.8 Å². The molecule has 0 aliphatic carbocycles. The van der Waals surface area contributed by atoms with Crippen molar-refractivity contribution < 1.29 is 4.74 Å². The topological polar surface area (TPSA) is 9.23 Å². The maximum atomic E-state index is 5.32. The largest absolute Gasteiger partial charge is 0.379 e. The van der Waals surface area contributed by atoms with Crippen molar-refractivity contribution in [2.45, 2.75) is 39.2 Å². The minimum absolute atomic E-state index is 0.373. The molecule has 0 spiro atoms. The van der Waals surface area contributed by atoms with Gasteiger partial charge in [0, 0.05) is 13.0 Å². The molecule has 1 heteroatoms. The molecule has 0 aromatic heterocycles. The van der Waals surface area contributed by atoms with E-state index >= 15 is 0 Å². The Hall–Kier alpha value is -0.480. The van der Waals surface area contributed by atoms with Gasteiger partial charge in [-0.2, -0.15) is 0 Å². The van der Waals surface area contributed by atoms with Crippen molar-refractivity contribution >= 4 is 0 Å². The van der Waals surface area contributed by atoms with Gasteiger partial charge in [0.15, 0.2) is 0 Å². The zero-order chi connectivity index (χ0) is 7.82. The quantitative estimate of drug-likeness (QED) is 0.420. The van der Waals surface area contributed by atoms with Crippen molar-refractivity contribution in [1.82, 2.24) is 0 Å². The summed E-state index contributed by atoms with van der Waals surface area (Å²) in [7, 11) is 0. The smallest absolute Gasteiger partial charge is 0.0547 e. The molecule has 0 heterocycles. The van der Waals surface area contributed by atoms with Crippen molar-refractivity contribution in [3.63, 3.8) is 0 Å². The molecule has 0 aliphatic rings. The Kier molecular flexibility index (Phi) is 6.32. The molecule has 0 fully saturated rings. The van der Waals surface area contributed by atoms with Crippen molar-refractivity contribution in [3.05, 3.63) is 0 Å². The number of unbranched alkanes of at least 4 members (excludes halogenated alkanes) is 1. The highest BCUT2D eigenvalue weighted by molar-refractivity contribution is 4.83. The van der Waals surface area contributed by atoms with Gasteiger partial charge in [-0.25, -0.2) is 0 Å². The normalized spacial score (nSPS) is 12.5. The summed E-state index contributed by atoms with van der Waals surface area (Å²) in [4.78, 5) is 0. The number of terminal acetylenes is 1. The van der Waals surface area contributed by atoms with Crippen molar-refractivity contribution in [2.75, 3.05) is 6.61 Å². The van der Waals surface area contributed by atoms with Gasteiger partial charge in [-0.1, -0.05) is 0 Å². The lowest BCUT2D eigenvalue weighted by Crippen LogP contribution is -2.06. The zero-order valence-corrected chi connectivity index (χ0v) is 6.89. The van der Waals surface area contributed by atoms with E-state index in [1.807, 2.05) is 6.92 Å². The van der Waals surface area contributed by atoms with Crippen LogP contribution in [0.15, 0.2) is 0 Å². The highest BCUT2D eigenvalue weighted by Gasteiger charge is 1.97. The third kappa shape index (κ3) is 5.65. The minimum atomic E-state index is 0.373. The molecule has 0 aliphatic heterocycles. The molecule has 0 amide bonds. The minimum Gasteiger partial charge on any atom is -0.379 e. The summed E-state index contributed by atoms with van der Waals surface area (Å²) in [5.74, 6) is 2.61. The molecule has 0 aromatic carbocycles. The van der Waals surface area contributed by atoms with E-state index in [9.17, 15) is 0 Å². The molecule has 0 N–H and O–H groups in total. The van der Waals surface area contributed by atoms with Gasteiger partial charge < -0.3 is 4.74 Å². The predicted octanol–water partition coefficient (Wildman–Crippen LogP) is 2.21. The van der Waals surface area contributed by atoms with E-state index in [0.29, 0.717) is 6.10 Å². The third-order valence-electron chi connectivity index (χ3n) is 1.38. The average molecular weight is 140 g/mol. The van der Waals surface area contributed by atoms with E-state index in [4.69, 9.17) is 11.2 Å². The van der Waals surface area contributed by atoms with Crippen LogP contribution < -0.4 is 0 Å². The Morgan fingerprint density at radius 1 is 1.60 bits per heavy atom. The molecule has 1 nitrogen and oxygen atoms in total. The molecule has 0 bridgehead atoms. The van der Waals surface area contributed by atoms with Crippen LogP contribution in [0.1, 0.15) is 33.1 Å². The lowest BCUT2D eigenvalue weighted by atomic mass is 10.2. The summed E-state index contributed by atoms with van der Waals surface area (Å²) in [6, 6.07) is 0. The van der Waals surface area contributed by atoms with Crippen LogP contribution in [0.2, 0.25) is 0 Å². The Bertz CT molecular complexity index is 102. The van der Waals surface area contributed by atoms with Gasteiger partial charge in [-0.3, -0.25) is 0 Å². The molecular weight excluding hydrogens is 124 g/mol. The number of hydrogen-bond acceptors (Lipinski definition) is 1. The second kappa shape index (κ2) is 6.64. The molecule has 0 saturated carbocycles. The molecule has 0 rings (SSSR count). The molecule has 1 unspecified atom stereocenters. The Morgan fingerprint density at radius 2 is 2.30 bits per heavy atom. The average Bonchev–Trinajstić information content (AvgIpc) is 1.89. The Balaban J connectivity index is 3.06. The Labute approximate surface area is 63.8 Å². The van der Waals surface area contributed by atoms with Crippen molar-refractivity contribution in [2.24, 2.45) is 0 Å². The fraction of sp³-hybridized carbons (Fsp3) is 0.778. The van der Waals surface area contributed by atoms with Gasteiger partial charge in [0.2, 0.25) is 0 Å². The standard InChI is InChI=1S/C9H16O/c1-4-6-7-8-9(3)10-5-2/h1,9H,5-8H2,2-3H3. The van der Waals surface area contributed by atoms with Gasteiger partial charge in [-0.05, 0) is 26.7 Å². The van der Waals surface area contributed by atoms with E-state index in [1.165, 1.54) is 0 Å². The SMILES string of the molecule is C#CCCCC(C)OCC. The van der Waals surface area contributed by atoms with E-state index in [0.717, 1.165) is 25.9 Å². The lowest BCUT2D eigenvalue weighted by Gasteiger charge is -2.09. The lowest BCUT2D eigenvalue weighted by molar-refractivity contribution is 0.0692. The number of rotatable bonds is 5. The number of ether oxygens (including phenoxy) is 1. The third-order valence-corrected chi connectivity index (χ3v) is 1.38. The molecule has 0 aromatic rings. The monoisotopic (exact) mass is 140 g/mol. The van der Waals surface area contributed by atoms with Crippen molar-refractivity contribution in [1.29, 1.82) is 0 Å². The summed E-state index contributed by atoms with van der Waals surface area (Å²) in [5.41, 5.74) is 0. The first-order valence-corrected chi connectivity index (χ1v) is 3.86. The zero-order valence-electron chi connectivity index (χ0n) is 6.89. The Morgan fingerprint density at radius 3 is 2.80 bits per heavy atom. The fourth-order valence-corrected chi connectivity index (χ4v) is 0.859. The van der Waals surface area contributed by atoms with E-state index in [1.54, 1.807) is 0 Å². The van der Waals surface area contributed by atoms with Crippen LogP contribution in [0, 0.1) is 12.3 Å². The maximum Gasteiger partial charge on any atom is 0.0547 e. The van der Waals surface area contributed by atoms with Gasteiger partial charge in [0.25, 0.3) is 0 Å². The van der Waals surface area contributed by atoms with Crippen LogP contribution >= 0.6 is 0 Å². The van der Waals surface area contributed by atoms with E-state index in [-0.39, 0.29) is 0 Å². The van der Waals surface area contributed by atoms with Crippen LogP contribution in [0.25, 0.3) is 0 Å². The van der Waals surface area contributed by atoms with Crippen LogP contribution in [-0.2, 0) is 4.74 Å². The first-order chi connectivity index (χ1) is 4.81. The summed E-state index contributed by atoms with van der Waals surface area (Å²) in [5, 5.41) is 0. The highest BCUT2D eigenvalue weighted by Crippen LogP contribution is 2.02. The highest BCUT2D eigenvalue weighted by atomic mass is 16.5. The van der Waals surface area contributed by atoms with Gasteiger partial charge >= 0.3 is 0 Å². The molecule has 0 radical (unpaired) electrons. The van der Waals surface area contributed by atoms with Gasteiger partial charge in [-0.15, -0.1) is 12.3 Å². The summed E-state index contributed by atoms with van der Waals surface area (Å²) < 4.78 is 5.32. The van der Waals surface area contributed by atoms with Crippen LogP contribution in [0.5, 0.6) is 0 Å².